The minimum absolute atomic E-state index is 0.0690. The Labute approximate surface area is 226 Å². The lowest BCUT2D eigenvalue weighted by molar-refractivity contribution is -0.123. The van der Waals surface area contributed by atoms with Crippen molar-refractivity contribution in [1.29, 1.82) is 0 Å². The lowest BCUT2D eigenvalue weighted by Gasteiger charge is -2.27. The van der Waals surface area contributed by atoms with Gasteiger partial charge in [-0.3, -0.25) is 14.6 Å². The zero-order valence-corrected chi connectivity index (χ0v) is 22.5. The molecule has 1 aliphatic rings. The Morgan fingerprint density at radius 1 is 1.03 bits per heavy atom. The Kier molecular flexibility index (Phi) is 8.04. The fourth-order valence-electron chi connectivity index (χ4n) is 4.18. The van der Waals surface area contributed by atoms with Gasteiger partial charge in [-0.15, -0.1) is 0 Å². The van der Waals surface area contributed by atoms with Gasteiger partial charge in [0.25, 0.3) is 5.91 Å². The number of nitrogens with zero attached hydrogens (tertiary/aromatic N) is 2. The summed E-state index contributed by atoms with van der Waals surface area (Å²) in [7, 11) is 0. The molecule has 0 fully saturated rings. The molecule has 1 heterocycles. The number of amides is 2. The molecule has 36 heavy (non-hydrogen) atoms. The molecule has 0 unspecified atom stereocenters. The van der Waals surface area contributed by atoms with Crippen molar-refractivity contribution in [3.8, 4) is 0 Å². The van der Waals surface area contributed by atoms with E-state index in [1.54, 1.807) is 42.5 Å². The van der Waals surface area contributed by atoms with Crippen LogP contribution >= 0.6 is 34.8 Å². The highest BCUT2D eigenvalue weighted by molar-refractivity contribution is 6.37. The maximum atomic E-state index is 13.9. The maximum Gasteiger partial charge on any atom is 0.252 e. The van der Waals surface area contributed by atoms with E-state index in [4.69, 9.17) is 39.8 Å². The van der Waals surface area contributed by atoms with Gasteiger partial charge in [0.05, 0.1) is 11.4 Å². The van der Waals surface area contributed by atoms with E-state index in [-0.39, 0.29) is 24.3 Å². The number of hydrogen-bond acceptors (Lipinski definition) is 3. The summed E-state index contributed by atoms with van der Waals surface area (Å²) >= 11 is 19.2. The van der Waals surface area contributed by atoms with Gasteiger partial charge in [-0.1, -0.05) is 79.3 Å². The predicted molar refractivity (Wildman–Crippen MR) is 149 cm³/mol. The molecule has 2 atom stereocenters. The number of rotatable bonds is 6. The third-order valence-corrected chi connectivity index (χ3v) is 7.42. The van der Waals surface area contributed by atoms with Crippen molar-refractivity contribution in [2.24, 2.45) is 10.9 Å². The van der Waals surface area contributed by atoms with Gasteiger partial charge in [0.15, 0.2) is 0 Å². The van der Waals surface area contributed by atoms with E-state index in [9.17, 15) is 9.59 Å². The van der Waals surface area contributed by atoms with Crippen molar-refractivity contribution in [3.05, 3.63) is 92.4 Å². The molecule has 0 saturated heterocycles. The first kappa shape index (κ1) is 26.2. The average Bonchev–Trinajstić information content (AvgIpc) is 2.96. The molecule has 0 radical (unpaired) electrons. The predicted octanol–water partition coefficient (Wildman–Crippen LogP) is 7.19. The van der Waals surface area contributed by atoms with Crippen LogP contribution in [0.1, 0.15) is 37.0 Å². The van der Waals surface area contributed by atoms with E-state index in [0.29, 0.717) is 43.3 Å². The lowest BCUT2D eigenvalue weighted by Crippen LogP contribution is -2.44. The summed E-state index contributed by atoms with van der Waals surface area (Å²) in [6.45, 7) is 5.62. The molecule has 5 nitrogen and oxygen atoms in total. The summed E-state index contributed by atoms with van der Waals surface area (Å²) < 4.78 is 0. The molecule has 2 amide bonds. The smallest absolute Gasteiger partial charge is 0.252 e. The van der Waals surface area contributed by atoms with E-state index < -0.39 is 6.04 Å². The van der Waals surface area contributed by atoms with Gasteiger partial charge in [0.1, 0.15) is 12.6 Å². The van der Waals surface area contributed by atoms with E-state index in [1.165, 1.54) is 4.90 Å². The van der Waals surface area contributed by atoms with Crippen LogP contribution in [0.2, 0.25) is 15.1 Å². The molecule has 4 rings (SSSR count). The summed E-state index contributed by atoms with van der Waals surface area (Å²) in [5.74, 6) is -0.674. The van der Waals surface area contributed by atoms with Gasteiger partial charge in [-0.2, -0.15) is 0 Å². The number of carbonyl (C=O) groups is 2. The largest absolute Gasteiger partial charge is 0.324 e. The average molecular weight is 543 g/mol. The SMILES string of the molecule is CC[C@@H](C)[C@H]1N=C(c2ccccc2Cl)c2cc(Cl)ccc2N(CC(=O)Nc2cccc(Cl)c2C)C1=O. The van der Waals surface area contributed by atoms with Gasteiger partial charge in [-0.25, -0.2) is 0 Å². The molecule has 0 aliphatic carbocycles. The fraction of sp³-hybridized carbons (Fsp3) is 0.250. The minimum Gasteiger partial charge on any atom is -0.324 e. The number of hydrogen-bond donors (Lipinski definition) is 1. The first-order chi connectivity index (χ1) is 17.2. The van der Waals surface area contributed by atoms with E-state index in [1.807, 2.05) is 39.0 Å². The van der Waals surface area contributed by atoms with Crippen molar-refractivity contribution in [1.82, 2.24) is 0 Å². The molecule has 0 spiro atoms. The molecule has 0 bridgehead atoms. The standard InChI is InChI=1S/C28H26Cl3N3O2/c1-4-16(2)26-28(36)34(15-25(35)32-23-11-7-10-21(30)17(23)3)24-13-12-18(29)14-20(24)27(33-26)19-8-5-6-9-22(19)31/h5-14,16,26H,4,15H2,1-3H3,(H,32,35)/t16-,26-/m1/s1. The molecule has 3 aromatic carbocycles. The van der Waals surface area contributed by atoms with Crippen molar-refractivity contribution in [2.45, 2.75) is 33.2 Å². The molecule has 1 aliphatic heterocycles. The molecule has 8 heteroatoms. The number of carbonyl (C=O) groups excluding carboxylic acids is 2. The van der Waals surface area contributed by atoms with Crippen LogP contribution in [-0.2, 0) is 9.59 Å². The number of nitrogens with one attached hydrogen (secondary N) is 1. The van der Waals surface area contributed by atoms with Gasteiger partial charge in [-0.05, 0) is 54.8 Å². The second-order valence-electron chi connectivity index (χ2n) is 8.83. The normalized spacial score (nSPS) is 16.2. The van der Waals surface area contributed by atoms with E-state index in [2.05, 4.69) is 5.32 Å². The maximum absolute atomic E-state index is 13.9. The number of halogens is 3. The zero-order valence-electron chi connectivity index (χ0n) is 20.2. The summed E-state index contributed by atoms with van der Waals surface area (Å²) in [5.41, 5.74) is 3.81. The van der Waals surface area contributed by atoms with Crippen LogP contribution in [-0.4, -0.2) is 30.1 Å². The number of benzodiazepines with no additional fused rings is 1. The quantitative estimate of drug-likeness (QED) is 0.358. The molecular formula is C28H26Cl3N3O2. The first-order valence-corrected chi connectivity index (χ1v) is 12.8. The number of anilines is 2. The third-order valence-electron chi connectivity index (χ3n) is 6.45. The summed E-state index contributed by atoms with van der Waals surface area (Å²) in [6.07, 6.45) is 0.731. The van der Waals surface area contributed by atoms with Crippen LogP contribution in [0.15, 0.2) is 65.7 Å². The molecule has 0 saturated carbocycles. The third kappa shape index (κ3) is 5.29. The number of aliphatic imine (C=N–C) groups is 1. The van der Waals surface area contributed by atoms with Crippen LogP contribution in [0.25, 0.3) is 0 Å². The molecule has 186 valence electrons. The summed E-state index contributed by atoms with van der Waals surface area (Å²) in [5, 5.41) is 4.44. The Morgan fingerprint density at radius 2 is 1.75 bits per heavy atom. The van der Waals surface area contributed by atoms with Crippen molar-refractivity contribution < 1.29 is 9.59 Å². The Bertz CT molecular complexity index is 1360. The Morgan fingerprint density at radius 3 is 2.47 bits per heavy atom. The van der Waals surface area contributed by atoms with Crippen LogP contribution in [0.3, 0.4) is 0 Å². The van der Waals surface area contributed by atoms with Gasteiger partial charge < -0.3 is 10.2 Å². The molecule has 1 N–H and O–H groups in total. The highest BCUT2D eigenvalue weighted by Crippen LogP contribution is 2.34. The summed E-state index contributed by atoms with van der Waals surface area (Å²) in [4.78, 5) is 33.5. The summed E-state index contributed by atoms with van der Waals surface area (Å²) in [6, 6.07) is 17.2. The van der Waals surface area contributed by atoms with Crippen molar-refractivity contribution in [3.63, 3.8) is 0 Å². The van der Waals surface area contributed by atoms with E-state index in [0.717, 1.165) is 12.0 Å². The Balaban J connectivity index is 1.81. The second-order valence-corrected chi connectivity index (χ2v) is 10.1. The van der Waals surface area contributed by atoms with Gasteiger partial charge in [0.2, 0.25) is 5.91 Å². The van der Waals surface area contributed by atoms with Gasteiger partial charge in [0, 0.05) is 31.9 Å². The van der Waals surface area contributed by atoms with Gasteiger partial charge >= 0.3 is 0 Å². The first-order valence-electron chi connectivity index (χ1n) is 11.7. The van der Waals surface area contributed by atoms with Crippen LogP contribution in [0.4, 0.5) is 11.4 Å². The highest BCUT2D eigenvalue weighted by Gasteiger charge is 2.36. The van der Waals surface area contributed by atoms with Crippen molar-refractivity contribution >= 4 is 63.7 Å². The van der Waals surface area contributed by atoms with E-state index >= 15 is 0 Å². The fourth-order valence-corrected chi connectivity index (χ4v) is 4.75. The molecular weight excluding hydrogens is 517 g/mol. The number of fused-ring (bicyclic) bond motifs is 1. The minimum atomic E-state index is -0.701. The van der Waals surface area contributed by atoms with Crippen LogP contribution < -0.4 is 10.2 Å². The molecule has 0 aromatic heterocycles. The van der Waals surface area contributed by atoms with Crippen LogP contribution in [0.5, 0.6) is 0 Å². The monoisotopic (exact) mass is 541 g/mol. The van der Waals surface area contributed by atoms with Crippen LogP contribution in [0, 0.1) is 12.8 Å². The lowest BCUT2D eigenvalue weighted by atomic mass is 9.97. The Hall–Kier alpha value is -2.86. The second kappa shape index (κ2) is 11.0. The topological polar surface area (TPSA) is 61.8 Å². The highest BCUT2D eigenvalue weighted by atomic mass is 35.5. The number of benzene rings is 3. The zero-order chi connectivity index (χ0) is 26.0. The molecule has 3 aromatic rings. The van der Waals surface area contributed by atoms with Crippen molar-refractivity contribution in [2.75, 3.05) is 16.8 Å².